The molecule has 0 aliphatic carbocycles. The monoisotopic (exact) mass is 603 g/mol. The number of hydrogen-bond acceptors (Lipinski definition) is 6. The van der Waals surface area contributed by atoms with Crippen LogP contribution in [-0.2, 0) is 20.7 Å². The van der Waals surface area contributed by atoms with Crippen LogP contribution in [0.2, 0.25) is 10.0 Å². The van der Waals surface area contributed by atoms with Crippen LogP contribution in [-0.4, -0.2) is 62.8 Å². The Hall–Kier alpha value is -2.48. The van der Waals surface area contributed by atoms with Gasteiger partial charge in [0.1, 0.15) is 5.75 Å². The van der Waals surface area contributed by atoms with Crippen molar-refractivity contribution in [3.63, 3.8) is 0 Å². The van der Waals surface area contributed by atoms with Gasteiger partial charge in [0.05, 0.1) is 33.9 Å². The smallest absolute Gasteiger partial charge is 0.310 e. The van der Waals surface area contributed by atoms with E-state index in [2.05, 4.69) is 30.6 Å². The number of aryl methyl sites for hydroxylation is 1. The molecule has 0 saturated carbocycles. The Morgan fingerprint density at radius 2 is 1.76 bits per heavy atom. The number of carbonyl (C=O) groups excluding carboxylic acids is 2. The summed E-state index contributed by atoms with van der Waals surface area (Å²) in [6.07, 6.45) is 3.78. The maximum Gasteiger partial charge on any atom is 0.310 e. The standard InChI is InChI=1S/C32H43Cl2N3O4/c1-23(21-32(2,3)4)31(39)41-22-37-28-20-25(12-10-24(28)11-13-29(37)38)40-19-6-5-14-35-15-17-36(18-16-35)27-9-7-8-26(33)30(27)34/h7-10,12,20,23H,5-6,11,13-19,21-22H2,1-4H3. The molecule has 2 aromatic carbocycles. The fraction of sp³-hybridized carbons (Fsp3) is 0.562. The molecule has 2 aliphatic rings. The van der Waals surface area contributed by atoms with Gasteiger partial charge in [0.2, 0.25) is 5.91 Å². The fourth-order valence-electron chi connectivity index (χ4n) is 5.60. The first kappa shape index (κ1) is 31.5. The summed E-state index contributed by atoms with van der Waals surface area (Å²) < 4.78 is 11.6. The van der Waals surface area contributed by atoms with Crippen LogP contribution in [0.25, 0.3) is 0 Å². The van der Waals surface area contributed by atoms with Crippen LogP contribution >= 0.6 is 23.2 Å². The Labute approximate surface area is 254 Å². The maximum absolute atomic E-state index is 12.7. The van der Waals surface area contributed by atoms with Crippen molar-refractivity contribution in [1.29, 1.82) is 0 Å². The fourth-order valence-corrected chi connectivity index (χ4v) is 6.01. The van der Waals surface area contributed by atoms with Crippen molar-refractivity contribution < 1.29 is 19.1 Å². The highest BCUT2D eigenvalue weighted by atomic mass is 35.5. The predicted molar refractivity (Wildman–Crippen MR) is 166 cm³/mol. The molecule has 2 aromatic rings. The van der Waals surface area contributed by atoms with Gasteiger partial charge in [-0.2, -0.15) is 0 Å². The molecule has 4 rings (SSSR count). The topological polar surface area (TPSA) is 62.3 Å². The highest BCUT2D eigenvalue weighted by Gasteiger charge is 2.28. The molecule has 2 aliphatic heterocycles. The number of benzene rings is 2. The maximum atomic E-state index is 12.7. The minimum Gasteiger partial charge on any atom is -0.494 e. The van der Waals surface area contributed by atoms with E-state index in [0.717, 1.165) is 74.7 Å². The number of piperazine rings is 1. The average molecular weight is 605 g/mol. The van der Waals surface area contributed by atoms with Crippen molar-refractivity contribution in [1.82, 2.24) is 4.90 Å². The van der Waals surface area contributed by atoms with Crippen LogP contribution in [0.4, 0.5) is 11.4 Å². The lowest BCUT2D eigenvalue weighted by Crippen LogP contribution is -2.46. The number of rotatable bonds is 11. The summed E-state index contributed by atoms with van der Waals surface area (Å²) in [6.45, 7) is 13.5. The summed E-state index contributed by atoms with van der Waals surface area (Å²) in [5.74, 6) is 0.183. The zero-order chi connectivity index (χ0) is 29.6. The van der Waals surface area contributed by atoms with Crippen molar-refractivity contribution in [2.45, 2.75) is 59.8 Å². The molecule has 1 atom stereocenters. The third-order valence-electron chi connectivity index (χ3n) is 7.70. The molecule has 1 amide bonds. The molecule has 0 spiro atoms. The molecule has 2 heterocycles. The molecule has 1 unspecified atom stereocenters. The second-order valence-corrected chi connectivity index (χ2v) is 13.1. The lowest BCUT2D eigenvalue weighted by Gasteiger charge is -2.36. The third kappa shape index (κ3) is 8.76. The number of nitrogens with zero attached hydrogens (tertiary/aromatic N) is 3. The minimum atomic E-state index is -0.276. The van der Waals surface area contributed by atoms with Gasteiger partial charge in [-0.25, -0.2) is 0 Å². The number of ether oxygens (including phenoxy) is 2. The molecule has 7 nitrogen and oxygen atoms in total. The number of unbranched alkanes of at least 4 members (excludes halogenated alkanes) is 1. The number of fused-ring (bicyclic) bond motifs is 1. The number of carbonyl (C=O) groups is 2. The molecular weight excluding hydrogens is 561 g/mol. The van der Waals surface area contributed by atoms with Crippen LogP contribution in [0.3, 0.4) is 0 Å². The van der Waals surface area contributed by atoms with Crippen molar-refractivity contribution in [2.24, 2.45) is 11.3 Å². The molecule has 0 bridgehead atoms. The molecule has 0 aromatic heterocycles. The zero-order valence-electron chi connectivity index (χ0n) is 24.8. The van der Waals surface area contributed by atoms with Crippen LogP contribution in [0, 0.1) is 11.3 Å². The van der Waals surface area contributed by atoms with E-state index in [1.807, 2.05) is 43.3 Å². The third-order valence-corrected chi connectivity index (χ3v) is 8.50. The Kier molecular flexibility index (Phi) is 10.8. The normalized spacial score (nSPS) is 16.9. The summed E-state index contributed by atoms with van der Waals surface area (Å²) >= 11 is 12.6. The Morgan fingerprint density at radius 3 is 2.49 bits per heavy atom. The highest BCUT2D eigenvalue weighted by molar-refractivity contribution is 6.43. The highest BCUT2D eigenvalue weighted by Crippen LogP contribution is 2.34. The molecule has 224 valence electrons. The first-order chi connectivity index (χ1) is 19.5. The summed E-state index contributed by atoms with van der Waals surface area (Å²) in [7, 11) is 0. The Bertz CT molecular complexity index is 1210. The van der Waals surface area contributed by atoms with Crippen molar-refractivity contribution in [3.8, 4) is 5.75 Å². The van der Waals surface area contributed by atoms with Crippen LogP contribution in [0.5, 0.6) is 5.75 Å². The Morgan fingerprint density at radius 1 is 1.00 bits per heavy atom. The molecule has 1 fully saturated rings. The van der Waals surface area contributed by atoms with E-state index in [0.29, 0.717) is 29.5 Å². The molecule has 0 N–H and O–H groups in total. The zero-order valence-corrected chi connectivity index (χ0v) is 26.3. The first-order valence-corrected chi connectivity index (χ1v) is 15.4. The van der Waals surface area contributed by atoms with Gasteiger partial charge in [-0.15, -0.1) is 0 Å². The Balaban J connectivity index is 1.21. The quantitative estimate of drug-likeness (QED) is 0.207. The summed E-state index contributed by atoms with van der Waals surface area (Å²) in [5.41, 5.74) is 2.87. The van der Waals surface area contributed by atoms with E-state index in [-0.39, 0.29) is 29.9 Å². The van der Waals surface area contributed by atoms with Gasteiger partial charge in [-0.1, -0.05) is 63.0 Å². The number of amides is 1. The molecule has 1 saturated heterocycles. The number of esters is 1. The summed E-state index contributed by atoms with van der Waals surface area (Å²) in [6, 6.07) is 11.7. The number of halogens is 2. The van der Waals surface area contributed by atoms with Gasteiger partial charge in [0, 0.05) is 38.7 Å². The van der Waals surface area contributed by atoms with E-state index < -0.39 is 0 Å². The largest absolute Gasteiger partial charge is 0.494 e. The van der Waals surface area contributed by atoms with E-state index in [9.17, 15) is 9.59 Å². The second kappa shape index (κ2) is 14.1. The average Bonchev–Trinajstić information content (AvgIpc) is 2.93. The van der Waals surface area contributed by atoms with Gasteiger partial charge in [-0.3, -0.25) is 19.4 Å². The van der Waals surface area contributed by atoms with Crippen LogP contribution in [0.1, 0.15) is 58.9 Å². The lowest BCUT2D eigenvalue weighted by atomic mass is 9.85. The molecule has 9 heteroatoms. The lowest BCUT2D eigenvalue weighted by molar-refractivity contribution is -0.149. The van der Waals surface area contributed by atoms with Gasteiger partial charge in [0.15, 0.2) is 6.73 Å². The van der Waals surface area contributed by atoms with E-state index in [1.54, 1.807) is 4.90 Å². The van der Waals surface area contributed by atoms with Crippen LogP contribution in [0.15, 0.2) is 36.4 Å². The number of hydrogen-bond donors (Lipinski definition) is 0. The summed E-state index contributed by atoms with van der Waals surface area (Å²) in [4.78, 5) is 31.7. The summed E-state index contributed by atoms with van der Waals surface area (Å²) in [5, 5.41) is 1.22. The predicted octanol–water partition coefficient (Wildman–Crippen LogP) is 6.83. The number of anilines is 2. The van der Waals surface area contributed by atoms with Gasteiger partial charge >= 0.3 is 5.97 Å². The van der Waals surface area contributed by atoms with Crippen molar-refractivity contribution in [2.75, 3.05) is 55.9 Å². The second-order valence-electron chi connectivity index (χ2n) is 12.3. The minimum absolute atomic E-state index is 0.0274. The molecule has 41 heavy (non-hydrogen) atoms. The van der Waals surface area contributed by atoms with Crippen molar-refractivity contribution >= 4 is 46.5 Å². The van der Waals surface area contributed by atoms with Gasteiger partial charge < -0.3 is 14.4 Å². The SMILES string of the molecule is CC(CC(C)(C)C)C(=O)OCN1C(=O)CCc2ccc(OCCCCN3CCN(c4cccc(Cl)c4Cl)CC3)cc21. The van der Waals surface area contributed by atoms with E-state index in [1.165, 1.54) is 0 Å². The first-order valence-electron chi connectivity index (χ1n) is 14.7. The molecular formula is C32H43Cl2N3O4. The van der Waals surface area contributed by atoms with E-state index >= 15 is 0 Å². The van der Waals surface area contributed by atoms with Gasteiger partial charge in [0.25, 0.3) is 0 Å². The molecule has 0 radical (unpaired) electrons. The van der Waals surface area contributed by atoms with Crippen LogP contribution < -0.4 is 14.5 Å². The van der Waals surface area contributed by atoms with E-state index in [4.69, 9.17) is 32.7 Å². The van der Waals surface area contributed by atoms with Gasteiger partial charge in [-0.05, 0) is 61.4 Å². The van der Waals surface area contributed by atoms with Crippen molar-refractivity contribution in [3.05, 3.63) is 52.0 Å².